The Hall–Kier alpha value is -2.48. The van der Waals surface area contributed by atoms with Crippen molar-refractivity contribution in [3.63, 3.8) is 0 Å². The molecule has 1 saturated heterocycles. The second-order valence-electron chi connectivity index (χ2n) is 7.00. The van der Waals surface area contributed by atoms with Crippen LogP contribution >= 0.6 is 0 Å². The van der Waals surface area contributed by atoms with Crippen LogP contribution in [0, 0.1) is 12.3 Å². The van der Waals surface area contributed by atoms with Crippen molar-refractivity contribution in [1.82, 2.24) is 9.80 Å². The smallest absolute Gasteiger partial charge is 0.410 e. The minimum Gasteiger partial charge on any atom is -0.444 e. The quantitative estimate of drug-likeness (QED) is 0.745. The summed E-state index contributed by atoms with van der Waals surface area (Å²) in [5.41, 5.74) is 0.823. The SMILES string of the molecule is C#Cc1ccc(C(=O)N2CCN(C(=O)OC(C)(C)C)[C@H](C)C2)cc1. The molecule has 0 aromatic heterocycles. The molecule has 1 atom stereocenters. The Labute approximate surface area is 143 Å². The Morgan fingerprint density at radius 1 is 1.21 bits per heavy atom. The molecule has 0 N–H and O–H groups in total. The van der Waals surface area contributed by atoms with Gasteiger partial charge in [0.25, 0.3) is 5.91 Å². The van der Waals surface area contributed by atoms with Gasteiger partial charge >= 0.3 is 6.09 Å². The van der Waals surface area contributed by atoms with E-state index in [1.807, 2.05) is 27.7 Å². The molecule has 0 radical (unpaired) electrons. The van der Waals surface area contributed by atoms with Crippen LogP contribution in [0.25, 0.3) is 0 Å². The number of benzene rings is 1. The molecule has 128 valence electrons. The number of terminal acetylenes is 1. The molecule has 0 spiro atoms. The summed E-state index contributed by atoms with van der Waals surface area (Å²) < 4.78 is 5.42. The Balaban J connectivity index is 2.00. The van der Waals surface area contributed by atoms with E-state index in [1.54, 1.807) is 34.1 Å². The molecule has 24 heavy (non-hydrogen) atoms. The monoisotopic (exact) mass is 328 g/mol. The van der Waals surface area contributed by atoms with E-state index < -0.39 is 5.60 Å². The summed E-state index contributed by atoms with van der Waals surface area (Å²) in [6.45, 7) is 8.88. The third-order valence-corrected chi connectivity index (χ3v) is 3.84. The average Bonchev–Trinajstić information content (AvgIpc) is 2.52. The highest BCUT2D eigenvalue weighted by Gasteiger charge is 2.32. The summed E-state index contributed by atoms with van der Waals surface area (Å²) in [6, 6.07) is 6.90. The van der Waals surface area contributed by atoms with Crippen molar-refractivity contribution in [2.45, 2.75) is 39.3 Å². The largest absolute Gasteiger partial charge is 0.444 e. The number of hydrogen-bond donors (Lipinski definition) is 0. The first kappa shape index (κ1) is 17.9. The standard InChI is InChI=1S/C19H24N2O3/c1-6-15-7-9-16(10-8-15)17(22)20-11-12-21(14(2)13-20)18(23)24-19(3,4)5/h1,7-10,14H,11-13H2,2-5H3/t14-/m1/s1. The van der Waals surface area contributed by atoms with Crippen molar-refractivity contribution in [2.24, 2.45) is 0 Å². The number of amides is 2. The Morgan fingerprint density at radius 3 is 2.33 bits per heavy atom. The van der Waals surface area contributed by atoms with Gasteiger partial charge < -0.3 is 14.5 Å². The van der Waals surface area contributed by atoms with Crippen LogP contribution in [0.3, 0.4) is 0 Å². The molecule has 5 nitrogen and oxygen atoms in total. The molecule has 0 aliphatic carbocycles. The van der Waals surface area contributed by atoms with Crippen molar-refractivity contribution >= 4 is 12.0 Å². The molecule has 1 aliphatic heterocycles. The van der Waals surface area contributed by atoms with Gasteiger partial charge in [-0.25, -0.2) is 4.79 Å². The molecule has 0 bridgehead atoms. The molecule has 1 fully saturated rings. The molecule has 1 aliphatic rings. The van der Waals surface area contributed by atoms with Crippen LogP contribution < -0.4 is 0 Å². The van der Waals surface area contributed by atoms with Gasteiger partial charge in [-0.05, 0) is 52.0 Å². The van der Waals surface area contributed by atoms with E-state index in [-0.39, 0.29) is 18.0 Å². The van der Waals surface area contributed by atoms with Crippen LogP contribution in [0.2, 0.25) is 0 Å². The summed E-state index contributed by atoms with van der Waals surface area (Å²) >= 11 is 0. The van der Waals surface area contributed by atoms with E-state index in [4.69, 9.17) is 11.2 Å². The fraction of sp³-hybridized carbons (Fsp3) is 0.474. The molecule has 2 amide bonds. The van der Waals surface area contributed by atoms with Crippen molar-refractivity contribution in [3.05, 3.63) is 35.4 Å². The van der Waals surface area contributed by atoms with Crippen LogP contribution in [-0.4, -0.2) is 53.1 Å². The van der Waals surface area contributed by atoms with E-state index in [0.717, 1.165) is 5.56 Å². The summed E-state index contributed by atoms with van der Waals surface area (Å²) in [7, 11) is 0. The average molecular weight is 328 g/mol. The van der Waals surface area contributed by atoms with Gasteiger partial charge in [0.05, 0.1) is 0 Å². The number of nitrogens with zero attached hydrogens (tertiary/aromatic N) is 2. The molecule has 0 saturated carbocycles. The summed E-state index contributed by atoms with van der Waals surface area (Å²) in [5.74, 6) is 2.49. The van der Waals surface area contributed by atoms with Gasteiger partial charge in [0.1, 0.15) is 5.60 Å². The van der Waals surface area contributed by atoms with Gasteiger partial charge in [-0.1, -0.05) is 5.92 Å². The maximum absolute atomic E-state index is 12.6. The molecule has 5 heteroatoms. The summed E-state index contributed by atoms with van der Waals surface area (Å²) in [4.78, 5) is 28.2. The maximum atomic E-state index is 12.6. The first-order chi connectivity index (χ1) is 11.2. The minimum absolute atomic E-state index is 0.0470. The van der Waals surface area contributed by atoms with Gasteiger partial charge in [-0.15, -0.1) is 6.42 Å². The van der Waals surface area contributed by atoms with Gasteiger partial charge in [0.15, 0.2) is 0 Å². The normalized spacial score (nSPS) is 18.0. The number of piperazine rings is 1. The topological polar surface area (TPSA) is 49.9 Å². The molecular weight excluding hydrogens is 304 g/mol. The highest BCUT2D eigenvalue weighted by molar-refractivity contribution is 5.94. The predicted octanol–water partition coefficient (Wildman–Crippen LogP) is 2.75. The van der Waals surface area contributed by atoms with Crippen molar-refractivity contribution in [1.29, 1.82) is 0 Å². The van der Waals surface area contributed by atoms with Crippen LogP contribution in [0.4, 0.5) is 4.79 Å². The third kappa shape index (κ3) is 4.29. The maximum Gasteiger partial charge on any atom is 0.410 e. The van der Waals surface area contributed by atoms with Gasteiger partial charge in [-0.3, -0.25) is 4.79 Å². The van der Waals surface area contributed by atoms with E-state index in [2.05, 4.69) is 5.92 Å². The van der Waals surface area contributed by atoms with Crippen molar-refractivity contribution in [3.8, 4) is 12.3 Å². The van der Waals surface area contributed by atoms with E-state index >= 15 is 0 Å². The van der Waals surface area contributed by atoms with Crippen LogP contribution in [-0.2, 0) is 4.74 Å². The Kier molecular flexibility index (Phi) is 5.18. The van der Waals surface area contributed by atoms with E-state index in [0.29, 0.717) is 25.2 Å². The number of rotatable bonds is 1. The Bertz CT molecular complexity index is 653. The van der Waals surface area contributed by atoms with Crippen LogP contribution in [0.1, 0.15) is 43.6 Å². The summed E-state index contributed by atoms with van der Waals surface area (Å²) in [6.07, 6.45) is 5.00. The van der Waals surface area contributed by atoms with Crippen molar-refractivity contribution < 1.29 is 14.3 Å². The molecule has 2 rings (SSSR count). The lowest BCUT2D eigenvalue weighted by molar-refractivity contribution is 0.00198. The zero-order chi connectivity index (χ0) is 17.9. The third-order valence-electron chi connectivity index (χ3n) is 3.84. The number of carbonyl (C=O) groups is 2. The van der Waals surface area contributed by atoms with Crippen molar-refractivity contribution in [2.75, 3.05) is 19.6 Å². The number of hydrogen-bond acceptors (Lipinski definition) is 3. The van der Waals surface area contributed by atoms with E-state index in [9.17, 15) is 9.59 Å². The van der Waals surface area contributed by atoms with Crippen LogP contribution in [0.15, 0.2) is 24.3 Å². The number of ether oxygens (including phenoxy) is 1. The van der Waals surface area contributed by atoms with Gasteiger partial charge in [0.2, 0.25) is 0 Å². The molecule has 1 aromatic rings. The lowest BCUT2D eigenvalue weighted by Gasteiger charge is -2.40. The zero-order valence-corrected chi connectivity index (χ0v) is 14.7. The molecule has 1 heterocycles. The fourth-order valence-electron chi connectivity index (χ4n) is 2.63. The lowest BCUT2D eigenvalue weighted by atomic mass is 10.1. The molecule has 1 aromatic carbocycles. The van der Waals surface area contributed by atoms with Gasteiger partial charge in [0, 0.05) is 36.8 Å². The number of carbonyl (C=O) groups excluding carboxylic acids is 2. The van der Waals surface area contributed by atoms with Gasteiger partial charge in [-0.2, -0.15) is 0 Å². The van der Waals surface area contributed by atoms with Crippen LogP contribution in [0.5, 0.6) is 0 Å². The lowest BCUT2D eigenvalue weighted by Crippen LogP contribution is -2.56. The molecule has 0 unspecified atom stereocenters. The minimum atomic E-state index is -0.525. The Morgan fingerprint density at radius 2 is 1.83 bits per heavy atom. The highest BCUT2D eigenvalue weighted by Crippen LogP contribution is 2.17. The first-order valence-corrected chi connectivity index (χ1v) is 8.07. The summed E-state index contributed by atoms with van der Waals surface area (Å²) in [5, 5.41) is 0. The zero-order valence-electron chi connectivity index (χ0n) is 14.7. The molecular formula is C19H24N2O3. The predicted molar refractivity (Wildman–Crippen MR) is 92.7 cm³/mol. The fourth-order valence-corrected chi connectivity index (χ4v) is 2.63. The second-order valence-corrected chi connectivity index (χ2v) is 7.00. The first-order valence-electron chi connectivity index (χ1n) is 8.07. The van der Waals surface area contributed by atoms with E-state index in [1.165, 1.54) is 0 Å². The second kappa shape index (κ2) is 6.96. The highest BCUT2D eigenvalue weighted by atomic mass is 16.6.